The molecule has 7 nitrogen and oxygen atoms in total. The zero-order valence-electron chi connectivity index (χ0n) is 10.6. The van der Waals surface area contributed by atoms with Crippen molar-refractivity contribution in [3.63, 3.8) is 0 Å². The Bertz CT molecular complexity index is 557. The van der Waals surface area contributed by atoms with E-state index in [2.05, 4.69) is 10.0 Å². The summed E-state index contributed by atoms with van der Waals surface area (Å²) in [6, 6.07) is 4.95. The molecule has 0 aliphatic rings. The molecule has 0 saturated carbocycles. The van der Waals surface area contributed by atoms with Crippen LogP contribution >= 0.6 is 0 Å². The normalized spacial score (nSPS) is 11.2. The van der Waals surface area contributed by atoms with Crippen LogP contribution in [0, 0.1) is 0 Å². The van der Waals surface area contributed by atoms with Crippen LogP contribution in [0.15, 0.2) is 18.2 Å². The lowest BCUT2D eigenvalue weighted by Crippen LogP contribution is -2.24. The highest BCUT2D eigenvalue weighted by atomic mass is 32.2. The third-order valence-corrected chi connectivity index (χ3v) is 3.13. The van der Waals surface area contributed by atoms with Gasteiger partial charge in [-0.15, -0.1) is 0 Å². The maximum atomic E-state index is 11.1. The second-order valence-corrected chi connectivity index (χ2v) is 5.91. The number of rotatable bonds is 7. The molecule has 0 aliphatic carbocycles. The Morgan fingerprint density at radius 3 is 2.58 bits per heavy atom. The maximum absolute atomic E-state index is 11.1. The summed E-state index contributed by atoms with van der Waals surface area (Å²) in [5, 5.41) is 3.03. The highest BCUT2D eigenvalue weighted by Crippen LogP contribution is 2.22. The van der Waals surface area contributed by atoms with Crippen molar-refractivity contribution in [2.75, 3.05) is 30.4 Å². The van der Waals surface area contributed by atoms with Gasteiger partial charge >= 0.3 is 0 Å². The average molecular weight is 286 g/mol. The number of primary amides is 1. The number of carbonyl (C=O) groups is 1. The Kier molecular flexibility index (Phi) is 5.13. The number of hydrogen-bond donors (Lipinski definition) is 4. The molecule has 19 heavy (non-hydrogen) atoms. The van der Waals surface area contributed by atoms with E-state index in [0.29, 0.717) is 30.9 Å². The quantitative estimate of drug-likeness (QED) is 0.405. The van der Waals surface area contributed by atoms with Crippen molar-refractivity contribution >= 4 is 27.3 Å². The predicted molar refractivity (Wildman–Crippen MR) is 75.3 cm³/mol. The van der Waals surface area contributed by atoms with Crippen molar-refractivity contribution in [1.29, 1.82) is 0 Å². The van der Waals surface area contributed by atoms with E-state index >= 15 is 0 Å². The number of para-hydroxylation sites is 1. The van der Waals surface area contributed by atoms with Gasteiger partial charge in [0, 0.05) is 13.1 Å². The van der Waals surface area contributed by atoms with E-state index in [1.54, 1.807) is 18.2 Å². The predicted octanol–water partition coefficient (Wildman–Crippen LogP) is -0.281. The first-order valence-corrected chi connectivity index (χ1v) is 7.57. The molecule has 1 aromatic carbocycles. The zero-order valence-corrected chi connectivity index (χ0v) is 11.5. The fourth-order valence-corrected chi connectivity index (χ4v) is 2.02. The molecule has 6 N–H and O–H groups in total. The monoisotopic (exact) mass is 286 g/mol. The minimum Gasteiger partial charge on any atom is -0.396 e. The van der Waals surface area contributed by atoms with Gasteiger partial charge in [-0.1, -0.05) is 6.07 Å². The number of carbonyl (C=O) groups excluding carboxylic acids is 1. The average Bonchev–Trinajstić information content (AvgIpc) is 2.28. The van der Waals surface area contributed by atoms with Crippen LogP contribution in [0.2, 0.25) is 0 Å². The molecule has 0 saturated heterocycles. The van der Waals surface area contributed by atoms with Crippen molar-refractivity contribution < 1.29 is 13.2 Å². The van der Waals surface area contributed by atoms with E-state index in [1.165, 1.54) is 0 Å². The summed E-state index contributed by atoms with van der Waals surface area (Å²) in [6.07, 6.45) is 1.70. The number of anilines is 2. The van der Waals surface area contributed by atoms with Gasteiger partial charge in [-0.2, -0.15) is 0 Å². The van der Waals surface area contributed by atoms with E-state index in [0.717, 1.165) is 6.26 Å². The topological polar surface area (TPSA) is 127 Å². The van der Waals surface area contributed by atoms with Crippen LogP contribution in [0.25, 0.3) is 0 Å². The summed E-state index contributed by atoms with van der Waals surface area (Å²) in [6.45, 7) is 0.857. The fraction of sp³-hybridized carbons (Fsp3) is 0.364. The molecular formula is C11H18N4O3S. The van der Waals surface area contributed by atoms with E-state index in [1.807, 2.05) is 0 Å². The van der Waals surface area contributed by atoms with Gasteiger partial charge in [-0.3, -0.25) is 4.79 Å². The molecule has 0 unspecified atom stereocenters. The molecule has 0 aromatic heterocycles. The first kappa shape index (κ1) is 15.3. The summed E-state index contributed by atoms with van der Waals surface area (Å²) in [4.78, 5) is 11.1. The third-order valence-electron chi connectivity index (χ3n) is 2.40. The molecule has 0 atom stereocenters. The van der Waals surface area contributed by atoms with Crippen molar-refractivity contribution in [3.8, 4) is 0 Å². The van der Waals surface area contributed by atoms with Gasteiger partial charge in [-0.25, -0.2) is 13.1 Å². The molecule has 1 aromatic rings. The van der Waals surface area contributed by atoms with Crippen LogP contribution in [-0.2, 0) is 10.0 Å². The highest BCUT2D eigenvalue weighted by Gasteiger charge is 2.08. The second kappa shape index (κ2) is 6.39. The molecule has 0 radical (unpaired) electrons. The summed E-state index contributed by atoms with van der Waals surface area (Å²) < 4.78 is 24.0. The number of sulfonamides is 1. The number of nitrogens with two attached hydrogens (primary N) is 2. The molecule has 1 rings (SSSR count). The zero-order chi connectivity index (χ0) is 14.5. The van der Waals surface area contributed by atoms with Gasteiger partial charge in [-0.05, 0) is 18.6 Å². The Hall–Kier alpha value is -1.80. The number of hydrogen-bond acceptors (Lipinski definition) is 5. The number of nitrogens with one attached hydrogen (secondary N) is 2. The SMILES string of the molecule is CS(=O)(=O)NCCCNc1cccc(C(N)=O)c1N. The van der Waals surface area contributed by atoms with E-state index in [9.17, 15) is 13.2 Å². The number of nitrogen functional groups attached to an aromatic ring is 1. The summed E-state index contributed by atoms with van der Waals surface area (Å²) in [5.74, 6) is -0.583. The Morgan fingerprint density at radius 2 is 2.00 bits per heavy atom. The van der Waals surface area contributed by atoms with Crippen LogP contribution in [0.5, 0.6) is 0 Å². The molecule has 0 fully saturated rings. The standard InChI is InChI=1S/C11H18N4O3S/c1-19(17,18)15-7-3-6-14-9-5-2-4-8(10(9)12)11(13)16/h2,4-5,14-15H,3,6-7,12H2,1H3,(H2,13,16). The Labute approximate surface area is 112 Å². The van der Waals surface area contributed by atoms with Crippen LogP contribution in [0.3, 0.4) is 0 Å². The van der Waals surface area contributed by atoms with Gasteiger partial charge < -0.3 is 16.8 Å². The van der Waals surface area contributed by atoms with Crippen molar-refractivity contribution in [1.82, 2.24) is 4.72 Å². The van der Waals surface area contributed by atoms with Crippen molar-refractivity contribution in [2.45, 2.75) is 6.42 Å². The van der Waals surface area contributed by atoms with Crippen LogP contribution in [0.1, 0.15) is 16.8 Å². The van der Waals surface area contributed by atoms with Gasteiger partial charge in [0.1, 0.15) is 0 Å². The molecule has 1 amide bonds. The van der Waals surface area contributed by atoms with E-state index < -0.39 is 15.9 Å². The van der Waals surface area contributed by atoms with Crippen molar-refractivity contribution in [2.24, 2.45) is 5.73 Å². The first-order valence-electron chi connectivity index (χ1n) is 5.68. The molecule has 0 bridgehead atoms. The van der Waals surface area contributed by atoms with Crippen molar-refractivity contribution in [3.05, 3.63) is 23.8 Å². The molecule has 0 aliphatic heterocycles. The summed E-state index contributed by atoms with van der Waals surface area (Å²) >= 11 is 0. The second-order valence-electron chi connectivity index (χ2n) is 4.08. The highest BCUT2D eigenvalue weighted by molar-refractivity contribution is 7.88. The van der Waals surface area contributed by atoms with Crippen LogP contribution < -0.4 is 21.5 Å². The lowest BCUT2D eigenvalue weighted by atomic mass is 10.1. The maximum Gasteiger partial charge on any atom is 0.250 e. The smallest absolute Gasteiger partial charge is 0.250 e. The third kappa shape index (κ3) is 5.14. The minimum absolute atomic E-state index is 0.263. The molecule has 106 valence electrons. The lowest BCUT2D eigenvalue weighted by molar-refractivity contribution is 0.100. The Balaban J connectivity index is 2.50. The van der Waals surface area contributed by atoms with Gasteiger partial charge in [0.25, 0.3) is 5.91 Å². The first-order chi connectivity index (χ1) is 8.81. The minimum atomic E-state index is -3.16. The Morgan fingerprint density at radius 1 is 1.32 bits per heavy atom. The summed E-state index contributed by atoms with van der Waals surface area (Å²) in [5.41, 5.74) is 12.1. The van der Waals surface area contributed by atoms with Crippen LogP contribution in [0.4, 0.5) is 11.4 Å². The number of amides is 1. The largest absolute Gasteiger partial charge is 0.396 e. The van der Waals surface area contributed by atoms with Gasteiger partial charge in [0.2, 0.25) is 10.0 Å². The molecule has 8 heteroatoms. The lowest BCUT2D eigenvalue weighted by Gasteiger charge is -2.11. The summed E-state index contributed by atoms with van der Waals surface area (Å²) in [7, 11) is -3.16. The molecular weight excluding hydrogens is 268 g/mol. The van der Waals surface area contributed by atoms with Gasteiger partial charge in [0.15, 0.2) is 0 Å². The van der Waals surface area contributed by atoms with Crippen LogP contribution in [-0.4, -0.2) is 33.7 Å². The van der Waals surface area contributed by atoms with Gasteiger partial charge in [0.05, 0.1) is 23.2 Å². The molecule has 0 heterocycles. The number of benzene rings is 1. The van der Waals surface area contributed by atoms with E-state index in [4.69, 9.17) is 11.5 Å². The molecule has 0 spiro atoms. The fourth-order valence-electron chi connectivity index (χ4n) is 1.50. The van der Waals surface area contributed by atoms with E-state index in [-0.39, 0.29) is 5.56 Å².